The summed E-state index contributed by atoms with van der Waals surface area (Å²) in [5.74, 6) is -0.346. The van der Waals surface area contributed by atoms with Crippen molar-refractivity contribution in [1.82, 2.24) is 34.8 Å². The van der Waals surface area contributed by atoms with Crippen LogP contribution in [0.25, 0.3) is 10.9 Å². The van der Waals surface area contributed by atoms with Crippen LogP contribution in [0.4, 0.5) is 16.0 Å². The van der Waals surface area contributed by atoms with Crippen LogP contribution in [-0.2, 0) is 14.1 Å². The van der Waals surface area contributed by atoms with Crippen molar-refractivity contribution < 1.29 is 13.9 Å². The Morgan fingerprint density at radius 1 is 1.05 bits per heavy atom. The number of nitrogens with zero attached hydrogens (tertiary/aromatic N) is 6. The fourth-order valence-corrected chi connectivity index (χ4v) is 4.09. The zero-order chi connectivity index (χ0) is 26.1. The molecule has 0 spiro atoms. The van der Waals surface area contributed by atoms with Crippen LogP contribution in [0, 0.1) is 12.7 Å². The van der Waals surface area contributed by atoms with E-state index in [4.69, 9.17) is 4.74 Å². The maximum Gasteiger partial charge on any atom is 0.252 e. The van der Waals surface area contributed by atoms with E-state index < -0.39 is 11.9 Å². The van der Waals surface area contributed by atoms with Crippen molar-refractivity contribution in [2.24, 2.45) is 14.1 Å². The normalized spacial score (nSPS) is 11.9. The molecular weight excluding hydrogens is 475 g/mol. The van der Waals surface area contributed by atoms with Crippen LogP contribution in [0.15, 0.2) is 61.2 Å². The molecule has 10 nitrogen and oxygen atoms in total. The summed E-state index contributed by atoms with van der Waals surface area (Å²) in [5.41, 5.74) is 3.87. The number of rotatable bonds is 7. The molecule has 0 aliphatic carbocycles. The van der Waals surface area contributed by atoms with Crippen LogP contribution in [0.2, 0.25) is 0 Å². The van der Waals surface area contributed by atoms with Crippen molar-refractivity contribution in [2.75, 3.05) is 12.4 Å². The average Bonchev–Trinajstić information content (AvgIpc) is 3.45. The lowest BCUT2D eigenvalue weighted by Crippen LogP contribution is -2.29. The van der Waals surface area contributed by atoms with Crippen molar-refractivity contribution in [1.29, 1.82) is 0 Å². The SMILES string of the molecule is COc1ccc(C(NC(=O)c2ccc3cnc(Nc4cn(C)nc4C)nc3c2)c2cnn(C)c2)cc1F. The smallest absolute Gasteiger partial charge is 0.252 e. The number of fused-ring (bicyclic) bond motifs is 1. The Bertz CT molecular complexity index is 1610. The van der Waals surface area contributed by atoms with Crippen LogP contribution >= 0.6 is 0 Å². The van der Waals surface area contributed by atoms with Gasteiger partial charge in [-0.15, -0.1) is 0 Å². The fourth-order valence-electron chi connectivity index (χ4n) is 4.09. The molecule has 0 aliphatic heterocycles. The van der Waals surface area contributed by atoms with E-state index >= 15 is 0 Å². The van der Waals surface area contributed by atoms with Gasteiger partial charge in [0, 0.05) is 49.2 Å². The summed E-state index contributed by atoms with van der Waals surface area (Å²) in [6, 6.07) is 9.15. The van der Waals surface area contributed by atoms with Gasteiger partial charge >= 0.3 is 0 Å². The van der Waals surface area contributed by atoms with Crippen molar-refractivity contribution >= 4 is 28.4 Å². The van der Waals surface area contributed by atoms with Crippen molar-refractivity contribution in [3.05, 3.63) is 89.4 Å². The van der Waals surface area contributed by atoms with Crippen LogP contribution < -0.4 is 15.4 Å². The number of ether oxygens (including phenoxy) is 1. The number of amides is 1. The second-order valence-corrected chi connectivity index (χ2v) is 8.64. The number of hydrogen-bond donors (Lipinski definition) is 2. The molecule has 2 aromatic carbocycles. The van der Waals surface area contributed by atoms with Gasteiger partial charge in [-0.1, -0.05) is 12.1 Å². The van der Waals surface area contributed by atoms with Crippen LogP contribution in [-0.4, -0.2) is 42.5 Å². The molecule has 1 unspecified atom stereocenters. The Hall–Kier alpha value is -4.80. The van der Waals surface area contributed by atoms with E-state index in [1.165, 1.54) is 19.2 Å². The molecule has 0 bridgehead atoms. The first-order chi connectivity index (χ1) is 17.8. The average molecular weight is 501 g/mol. The largest absolute Gasteiger partial charge is 0.494 e. The van der Waals surface area contributed by atoms with Crippen LogP contribution in [0.1, 0.15) is 33.2 Å². The Morgan fingerprint density at radius 3 is 2.57 bits per heavy atom. The number of aromatic nitrogens is 6. The van der Waals surface area contributed by atoms with Gasteiger partial charge in [-0.2, -0.15) is 10.2 Å². The Morgan fingerprint density at radius 2 is 1.89 bits per heavy atom. The number of carbonyl (C=O) groups is 1. The summed E-state index contributed by atoms with van der Waals surface area (Å²) < 4.78 is 22.9. The molecule has 188 valence electrons. The minimum atomic E-state index is -0.631. The molecule has 0 fully saturated rings. The van der Waals surface area contributed by atoms with Crippen LogP contribution in [0.3, 0.4) is 0 Å². The zero-order valence-electron chi connectivity index (χ0n) is 20.7. The highest BCUT2D eigenvalue weighted by Gasteiger charge is 2.21. The monoisotopic (exact) mass is 500 g/mol. The molecular formula is C26H25FN8O2. The van der Waals surface area contributed by atoms with Gasteiger partial charge in [0.1, 0.15) is 0 Å². The number of benzene rings is 2. The molecule has 0 radical (unpaired) electrons. The summed E-state index contributed by atoms with van der Waals surface area (Å²) in [6.07, 6.45) is 6.95. The highest BCUT2D eigenvalue weighted by Crippen LogP contribution is 2.27. The van der Waals surface area contributed by atoms with E-state index in [-0.39, 0.29) is 11.7 Å². The summed E-state index contributed by atoms with van der Waals surface area (Å²) in [5, 5.41) is 15.5. The predicted molar refractivity (Wildman–Crippen MR) is 136 cm³/mol. The van der Waals surface area contributed by atoms with Gasteiger partial charge in [-0.3, -0.25) is 14.2 Å². The Balaban J connectivity index is 1.44. The van der Waals surface area contributed by atoms with Gasteiger partial charge < -0.3 is 15.4 Å². The van der Waals surface area contributed by atoms with E-state index in [1.54, 1.807) is 59.3 Å². The number of anilines is 2. The van der Waals surface area contributed by atoms with Gasteiger partial charge in [0.2, 0.25) is 5.95 Å². The van der Waals surface area contributed by atoms with E-state index in [0.29, 0.717) is 28.2 Å². The lowest BCUT2D eigenvalue weighted by molar-refractivity contribution is 0.0943. The maximum absolute atomic E-state index is 14.5. The molecule has 0 aliphatic rings. The van der Waals surface area contributed by atoms with Crippen molar-refractivity contribution in [3.63, 3.8) is 0 Å². The quantitative estimate of drug-likeness (QED) is 0.349. The Kier molecular flexibility index (Phi) is 6.26. The number of carbonyl (C=O) groups excluding carboxylic acids is 1. The van der Waals surface area contributed by atoms with E-state index in [2.05, 4.69) is 30.8 Å². The second-order valence-electron chi connectivity index (χ2n) is 8.64. The van der Waals surface area contributed by atoms with Gasteiger partial charge in [0.05, 0.1) is 36.2 Å². The van der Waals surface area contributed by atoms with Crippen molar-refractivity contribution in [2.45, 2.75) is 13.0 Å². The lowest BCUT2D eigenvalue weighted by Gasteiger charge is -2.19. The number of halogens is 1. The van der Waals surface area contributed by atoms with E-state index in [9.17, 15) is 9.18 Å². The molecule has 11 heteroatoms. The third kappa shape index (κ3) is 4.96. The Labute approximate surface area is 212 Å². The molecule has 1 atom stereocenters. The first kappa shape index (κ1) is 23.9. The summed E-state index contributed by atoms with van der Waals surface area (Å²) in [6.45, 7) is 1.89. The zero-order valence-corrected chi connectivity index (χ0v) is 20.7. The first-order valence-corrected chi connectivity index (χ1v) is 11.5. The number of nitrogens with one attached hydrogen (secondary N) is 2. The lowest BCUT2D eigenvalue weighted by atomic mass is 10.0. The molecule has 3 heterocycles. The van der Waals surface area contributed by atoms with Gasteiger partial charge in [0.15, 0.2) is 11.6 Å². The van der Waals surface area contributed by atoms with Crippen LogP contribution in [0.5, 0.6) is 5.75 Å². The third-order valence-corrected chi connectivity index (χ3v) is 5.95. The second kappa shape index (κ2) is 9.69. The number of hydrogen-bond acceptors (Lipinski definition) is 7. The third-order valence-electron chi connectivity index (χ3n) is 5.95. The molecule has 0 saturated carbocycles. The van der Waals surface area contributed by atoms with Gasteiger partial charge in [0.25, 0.3) is 5.91 Å². The molecule has 0 saturated heterocycles. The van der Waals surface area contributed by atoms with Gasteiger partial charge in [-0.05, 0) is 36.8 Å². The highest BCUT2D eigenvalue weighted by atomic mass is 19.1. The number of aryl methyl sites for hydroxylation is 3. The minimum Gasteiger partial charge on any atom is -0.494 e. The van der Waals surface area contributed by atoms with Crippen molar-refractivity contribution in [3.8, 4) is 5.75 Å². The first-order valence-electron chi connectivity index (χ1n) is 11.5. The minimum absolute atomic E-state index is 0.125. The molecule has 2 N–H and O–H groups in total. The molecule has 37 heavy (non-hydrogen) atoms. The van der Waals surface area contributed by atoms with E-state index in [1.807, 2.05) is 20.2 Å². The number of methoxy groups -OCH3 is 1. The maximum atomic E-state index is 14.5. The highest BCUT2D eigenvalue weighted by molar-refractivity contribution is 5.98. The summed E-state index contributed by atoms with van der Waals surface area (Å²) >= 11 is 0. The topological polar surface area (TPSA) is 112 Å². The van der Waals surface area contributed by atoms with E-state index in [0.717, 1.165) is 16.8 Å². The molecule has 3 aromatic heterocycles. The molecule has 5 aromatic rings. The van der Waals surface area contributed by atoms with Gasteiger partial charge in [-0.25, -0.2) is 14.4 Å². The summed E-state index contributed by atoms with van der Waals surface area (Å²) in [4.78, 5) is 22.3. The summed E-state index contributed by atoms with van der Waals surface area (Å²) in [7, 11) is 5.02. The molecule has 5 rings (SSSR count). The fraction of sp³-hybridized carbons (Fsp3) is 0.192. The molecule has 1 amide bonds. The predicted octanol–water partition coefficient (Wildman–Crippen LogP) is 3.82. The standard InChI is InChI=1S/C26H25FN8O2/c1-15-22(14-35(3)33-15)31-26-28-11-18-6-5-17(10-21(18)30-26)25(36)32-24(19-12-29-34(2)13-19)16-7-8-23(37-4)20(27)9-16/h5-14,24H,1-4H3,(H,32,36)(H,28,30,31).